The number of rotatable bonds is 1. The van der Waals surface area contributed by atoms with E-state index < -0.39 is 36.5 Å². The van der Waals surface area contributed by atoms with Gasteiger partial charge in [-0.1, -0.05) is 0 Å². The van der Waals surface area contributed by atoms with E-state index in [-0.39, 0.29) is 0 Å². The van der Waals surface area contributed by atoms with E-state index >= 15 is 0 Å². The van der Waals surface area contributed by atoms with Crippen LogP contribution in [0.15, 0.2) is 0 Å². The van der Waals surface area contributed by atoms with Gasteiger partial charge in [0.2, 0.25) is 0 Å². The molecule has 1 aliphatic heterocycles. The van der Waals surface area contributed by atoms with E-state index in [0.29, 0.717) is 0 Å². The van der Waals surface area contributed by atoms with Crippen LogP contribution >= 0.6 is 0 Å². The van der Waals surface area contributed by atoms with Crippen molar-refractivity contribution >= 4 is 5.78 Å². The molecule has 5 atom stereocenters. The maximum Gasteiger partial charge on any atom is 0.184 e. The van der Waals surface area contributed by atoms with Gasteiger partial charge in [-0.15, -0.1) is 0 Å². The fraction of sp³-hybridized carbons (Fsp3) is 0.857. The van der Waals surface area contributed by atoms with Crippen molar-refractivity contribution < 1.29 is 30.0 Å². The van der Waals surface area contributed by atoms with Crippen LogP contribution in [0, 0.1) is 0 Å². The minimum absolute atomic E-state index is 0.516. The van der Waals surface area contributed by atoms with Crippen molar-refractivity contribution in [1.29, 1.82) is 0 Å². The van der Waals surface area contributed by atoms with E-state index in [0.717, 1.165) is 6.92 Å². The average molecular weight is 192 g/mol. The number of hydrogen-bond acceptors (Lipinski definition) is 6. The lowest BCUT2D eigenvalue weighted by Gasteiger charge is -2.37. The summed E-state index contributed by atoms with van der Waals surface area (Å²) in [6.45, 7) is 1.16. The Hall–Kier alpha value is -0.530. The minimum Gasteiger partial charge on any atom is -0.387 e. The van der Waals surface area contributed by atoms with Gasteiger partial charge in [-0.3, -0.25) is 4.79 Å². The Kier molecular flexibility index (Phi) is 2.99. The number of carbonyl (C=O) groups is 1. The summed E-state index contributed by atoms with van der Waals surface area (Å²) in [5, 5.41) is 36.4. The van der Waals surface area contributed by atoms with Crippen molar-refractivity contribution in [1.82, 2.24) is 0 Å². The third kappa shape index (κ3) is 1.87. The van der Waals surface area contributed by atoms with Gasteiger partial charge in [-0.2, -0.15) is 0 Å². The molecule has 1 heterocycles. The minimum atomic E-state index is -1.65. The van der Waals surface area contributed by atoms with E-state index in [1.807, 2.05) is 0 Å². The van der Waals surface area contributed by atoms with Gasteiger partial charge < -0.3 is 25.2 Å². The fourth-order valence-electron chi connectivity index (χ4n) is 1.20. The third-order valence-corrected chi connectivity index (χ3v) is 1.99. The maximum atomic E-state index is 10.8. The quantitative estimate of drug-likeness (QED) is 0.362. The Balaban J connectivity index is 2.76. The highest BCUT2D eigenvalue weighted by atomic mass is 16.6. The molecular weight excluding hydrogens is 180 g/mol. The third-order valence-electron chi connectivity index (χ3n) is 1.99. The van der Waals surface area contributed by atoms with E-state index in [1.54, 1.807) is 0 Å². The van der Waals surface area contributed by atoms with Crippen molar-refractivity contribution in [3.63, 3.8) is 0 Å². The van der Waals surface area contributed by atoms with Gasteiger partial charge in [0.1, 0.15) is 24.4 Å². The predicted octanol–water partition coefficient (Wildman–Crippen LogP) is -2.62. The zero-order valence-electron chi connectivity index (χ0n) is 6.99. The largest absolute Gasteiger partial charge is 0.387 e. The summed E-state index contributed by atoms with van der Waals surface area (Å²) < 4.78 is 4.59. The predicted molar refractivity (Wildman–Crippen MR) is 39.6 cm³/mol. The molecule has 1 unspecified atom stereocenters. The van der Waals surface area contributed by atoms with Crippen molar-refractivity contribution in [2.24, 2.45) is 0 Å². The highest BCUT2D eigenvalue weighted by Crippen LogP contribution is 2.20. The molecule has 1 rings (SSSR count). The molecule has 0 saturated carbocycles. The van der Waals surface area contributed by atoms with Crippen molar-refractivity contribution in [2.75, 3.05) is 0 Å². The summed E-state index contributed by atoms with van der Waals surface area (Å²) in [6, 6.07) is 0. The molecule has 6 nitrogen and oxygen atoms in total. The summed E-state index contributed by atoms with van der Waals surface area (Å²) in [7, 11) is 0. The zero-order chi connectivity index (χ0) is 10.2. The molecule has 0 aromatic rings. The van der Waals surface area contributed by atoms with Gasteiger partial charge in [0, 0.05) is 0 Å². The molecule has 0 aromatic heterocycles. The topological polar surface area (TPSA) is 107 Å². The monoisotopic (exact) mass is 192 g/mol. The Morgan fingerprint density at radius 2 is 1.62 bits per heavy atom. The molecule has 6 heteroatoms. The van der Waals surface area contributed by atoms with E-state index in [9.17, 15) is 9.90 Å². The molecular formula is C7H12O6. The summed E-state index contributed by atoms with van der Waals surface area (Å²) in [6.07, 6.45) is -7.60. The lowest BCUT2D eigenvalue weighted by atomic mass is 9.97. The fourth-order valence-corrected chi connectivity index (χ4v) is 1.20. The molecule has 0 aromatic carbocycles. The van der Waals surface area contributed by atoms with Crippen LogP contribution < -0.4 is 0 Å². The number of aliphatic hydroxyl groups excluding tert-OH is 4. The molecule has 1 fully saturated rings. The molecule has 13 heavy (non-hydrogen) atoms. The first kappa shape index (κ1) is 10.6. The Labute approximate surface area is 74.4 Å². The lowest BCUT2D eigenvalue weighted by molar-refractivity contribution is -0.274. The molecule has 0 bridgehead atoms. The normalized spacial score (nSPS) is 46.1. The Morgan fingerprint density at radius 1 is 1.08 bits per heavy atom. The molecule has 1 saturated heterocycles. The van der Waals surface area contributed by atoms with Gasteiger partial charge in [-0.05, 0) is 6.92 Å². The molecule has 1 aliphatic rings. The average Bonchev–Trinajstić information content (AvgIpc) is 2.07. The van der Waals surface area contributed by atoms with E-state index in [4.69, 9.17) is 15.3 Å². The van der Waals surface area contributed by atoms with Crippen LogP contribution in [0.3, 0.4) is 0 Å². The van der Waals surface area contributed by atoms with Gasteiger partial charge in [-0.25, -0.2) is 0 Å². The lowest BCUT2D eigenvalue weighted by Crippen LogP contribution is -2.59. The molecule has 4 N–H and O–H groups in total. The SMILES string of the molecule is CC(=O)[C@H]1OC(O)[C@H](O)[C@@H](O)[C@@H]1O. The van der Waals surface area contributed by atoms with Crippen molar-refractivity contribution in [3.8, 4) is 0 Å². The molecule has 0 amide bonds. The second-order valence-corrected chi connectivity index (χ2v) is 3.03. The van der Waals surface area contributed by atoms with Crippen LogP contribution in [0.2, 0.25) is 0 Å². The number of Topliss-reactive ketones (excluding diaryl/α,β-unsaturated/α-hetero) is 1. The van der Waals surface area contributed by atoms with Crippen molar-refractivity contribution in [3.05, 3.63) is 0 Å². The van der Waals surface area contributed by atoms with Gasteiger partial charge in [0.25, 0.3) is 0 Å². The van der Waals surface area contributed by atoms with Crippen LogP contribution in [0.1, 0.15) is 6.92 Å². The summed E-state index contributed by atoms with van der Waals surface area (Å²) in [4.78, 5) is 10.8. The van der Waals surface area contributed by atoms with Crippen LogP contribution in [0.5, 0.6) is 0 Å². The standard InChI is InChI=1S/C7H12O6/c1-2(8)6-4(10)3(9)5(11)7(12)13-6/h3-7,9-12H,1H3/t3-,4-,5+,6+,7?/m0/s1. The first-order valence-corrected chi connectivity index (χ1v) is 3.83. The first-order valence-electron chi connectivity index (χ1n) is 3.83. The van der Waals surface area contributed by atoms with Crippen LogP contribution in [-0.4, -0.2) is 56.9 Å². The highest BCUT2D eigenvalue weighted by Gasteiger charge is 2.44. The Morgan fingerprint density at radius 3 is 2.08 bits per heavy atom. The second kappa shape index (κ2) is 3.69. The van der Waals surface area contributed by atoms with E-state index in [2.05, 4.69) is 4.74 Å². The number of ether oxygens (including phenoxy) is 1. The molecule has 0 aliphatic carbocycles. The number of aliphatic hydroxyl groups is 4. The zero-order valence-corrected chi connectivity index (χ0v) is 6.99. The summed E-state index contributed by atoms with van der Waals surface area (Å²) in [5.74, 6) is -0.516. The molecule has 0 radical (unpaired) electrons. The molecule has 0 spiro atoms. The number of carbonyl (C=O) groups excluding carboxylic acids is 1. The van der Waals surface area contributed by atoms with Crippen LogP contribution in [-0.2, 0) is 9.53 Å². The number of hydrogen-bond donors (Lipinski definition) is 4. The van der Waals surface area contributed by atoms with Gasteiger partial charge >= 0.3 is 0 Å². The first-order chi connectivity index (χ1) is 5.95. The second-order valence-electron chi connectivity index (χ2n) is 3.03. The Bertz CT molecular complexity index is 205. The maximum absolute atomic E-state index is 10.8. The van der Waals surface area contributed by atoms with Crippen LogP contribution in [0.4, 0.5) is 0 Å². The smallest absolute Gasteiger partial charge is 0.184 e. The van der Waals surface area contributed by atoms with Gasteiger partial charge in [0.15, 0.2) is 12.1 Å². The summed E-state index contributed by atoms with van der Waals surface area (Å²) in [5.41, 5.74) is 0. The molecule has 76 valence electrons. The van der Waals surface area contributed by atoms with E-state index in [1.165, 1.54) is 0 Å². The van der Waals surface area contributed by atoms with Crippen molar-refractivity contribution in [2.45, 2.75) is 37.6 Å². The van der Waals surface area contributed by atoms with Gasteiger partial charge in [0.05, 0.1) is 0 Å². The highest BCUT2D eigenvalue weighted by molar-refractivity contribution is 5.81. The van der Waals surface area contributed by atoms with Crippen LogP contribution in [0.25, 0.3) is 0 Å². The number of ketones is 1. The summed E-state index contributed by atoms with van der Waals surface area (Å²) >= 11 is 0.